The van der Waals surface area contributed by atoms with E-state index in [-0.39, 0.29) is 0 Å². The molecule has 0 aromatic heterocycles. The van der Waals surface area contributed by atoms with Gasteiger partial charge < -0.3 is 0 Å². The highest BCUT2D eigenvalue weighted by Gasteiger charge is 2.13. The number of hydrazine groups is 1. The van der Waals surface area contributed by atoms with Crippen LogP contribution in [0.15, 0.2) is 36.0 Å². The van der Waals surface area contributed by atoms with Gasteiger partial charge in [0.2, 0.25) is 0 Å². The van der Waals surface area contributed by atoms with Gasteiger partial charge in [0.05, 0.1) is 0 Å². The van der Waals surface area contributed by atoms with E-state index >= 15 is 0 Å². The number of nitrogens with zero attached hydrogens (tertiary/aromatic N) is 1. The van der Waals surface area contributed by atoms with Crippen molar-refractivity contribution in [3.05, 3.63) is 36.0 Å². The van der Waals surface area contributed by atoms with Crippen LogP contribution in [0.5, 0.6) is 0 Å². The first kappa shape index (κ1) is 13.1. The van der Waals surface area contributed by atoms with E-state index in [9.17, 15) is 0 Å². The number of hydrogen-bond donors (Lipinski definition) is 1. The molecule has 2 heteroatoms. The Morgan fingerprint density at radius 3 is 2.50 bits per heavy atom. The molecule has 1 aliphatic rings. The summed E-state index contributed by atoms with van der Waals surface area (Å²) in [6.45, 7) is 11.5. The smallest absolute Gasteiger partial charge is 0.0382 e. The number of hydrogen-bond acceptors (Lipinski definition) is 2. The van der Waals surface area contributed by atoms with E-state index in [0.29, 0.717) is 0 Å². The molecule has 2 nitrogen and oxygen atoms in total. The molecule has 0 spiro atoms. The maximum Gasteiger partial charge on any atom is 0.0382 e. The third-order valence-electron chi connectivity index (χ3n) is 2.12. The predicted octanol–water partition coefficient (Wildman–Crippen LogP) is 2.65. The first-order chi connectivity index (χ1) is 6.77. The lowest BCUT2D eigenvalue weighted by Gasteiger charge is -2.26. The van der Waals surface area contributed by atoms with Crippen LogP contribution in [-0.2, 0) is 0 Å². The van der Waals surface area contributed by atoms with Crippen LogP contribution in [0.3, 0.4) is 0 Å². The van der Waals surface area contributed by atoms with Crippen molar-refractivity contribution in [1.29, 1.82) is 0 Å². The van der Waals surface area contributed by atoms with Gasteiger partial charge in [-0.2, -0.15) is 0 Å². The Balaban J connectivity index is 0.000000791. The van der Waals surface area contributed by atoms with Crippen LogP contribution < -0.4 is 5.84 Å². The minimum atomic E-state index is 0.839. The lowest BCUT2D eigenvalue weighted by Crippen LogP contribution is -2.37. The van der Waals surface area contributed by atoms with Gasteiger partial charge in [-0.15, -0.1) is 0 Å². The van der Waals surface area contributed by atoms with Crippen LogP contribution in [-0.4, -0.2) is 18.1 Å². The highest BCUT2D eigenvalue weighted by atomic mass is 15.4. The van der Waals surface area contributed by atoms with Crippen LogP contribution in [0.4, 0.5) is 0 Å². The molecule has 1 fully saturated rings. The van der Waals surface area contributed by atoms with Gasteiger partial charge in [-0.25, -0.2) is 5.01 Å². The van der Waals surface area contributed by atoms with Gasteiger partial charge >= 0.3 is 0 Å². The molecule has 1 aliphatic heterocycles. The van der Waals surface area contributed by atoms with E-state index in [0.717, 1.165) is 19.5 Å². The Kier molecular flexibility index (Phi) is 7.07. The van der Waals surface area contributed by atoms with Crippen molar-refractivity contribution in [2.45, 2.75) is 27.2 Å². The summed E-state index contributed by atoms with van der Waals surface area (Å²) in [5.41, 5.74) is 2.69. The molecule has 14 heavy (non-hydrogen) atoms. The summed E-state index contributed by atoms with van der Waals surface area (Å²) in [7, 11) is 0. The van der Waals surface area contributed by atoms with Gasteiger partial charge in [-0.1, -0.05) is 38.7 Å². The second-order valence-electron chi connectivity index (χ2n) is 2.96. The second-order valence-corrected chi connectivity index (χ2v) is 2.96. The first-order valence-corrected chi connectivity index (χ1v) is 5.24. The SMILES string of the molecule is C=C/C=C1/CN(N)CC/C1=C/C.CC. The Bertz CT molecular complexity index is 226. The predicted molar refractivity (Wildman–Crippen MR) is 63.8 cm³/mol. The summed E-state index contributed by atoms with van der Waals surface area (Å²) < 4.78 is 0. The van der Waals surface area contributed by atoms with Gasteiger partial charge in [-0.3, -0.25) is 5.84 Å². The molecule has 0 saturated carbocycles. The van der Waals surface area contributed by atoms with Gasteiger partial charge in [-0.05, 0) is 24.5 Å². The minimum absolute atomic E-state index is 0.839. The first-order valence-electron chi connectivity index (χ1n) is 5.24. The van der Waals surface area contributed by atoms with E-state index in [1.54, 1.807) is 0 Å². The van der Waals surface area contributed by atoms with Gasteiger partial charge in [0.1, 0.15) is 0 Å². The van der Waals surface area contributed by atoms with Crippen molar-refractivity contribution >= 4 is 0 Å². The van der Waals surface area contributed by atoms with Crippen LogP contribution >= 0.6 is 0 Å². The number of rotatable bonds is 1. The monoisotopic (exact) mass is 194 g/mol. The highest BCUT2D eigenvalue weighted by molar-refractivity contribution is 5.35. The fourth-order valence-electron chi connectivity index (χ4n) is 1.46. The molecule has 0 radical (unpaired) electrons. The topological polar surface area (TPSA) is 29.3 Å². The van der Waals surface area contributed by atoms with Crippen molar-refractivity contribution in [2.24, 2.45) is 5.84 Å². The summed E-state index contributed by atoms with van der Waals surface area (Å²) in [5, 5.41) is 1.84. The number of piperidine rings is 1. The third-order valence-corrected chi connectivity index (χ3v) is 2.12. The zero-order valence-corrected chi connectivity index (χ0v) is 9.59. The van der Waals surface area contributed by atoms with Gasteiger partial charge in [0.15, 0.2) is 0 Å². The van der Waals surface area contributed by atoms with E-state index in [1.807, 2.05) is 31.0 Å². The zero-order chi connectivity index (χ0) is 11.0. The van der Waals surface area contributed by atoms with Crippen LogP contribution in [0.2, 0.25) is 0 Å². The molecule has 0 unspecified atom stereocenters. The van der Waals surface area contributed by atoms with E-state index in [2.05, 4.69) is 19.6 Å². The fourth-order valence-corrected chi connectivity index (χ4v) is 1.46. The molecule has 0 bridgehead atoms. The fraction of sp³-hybridized carbons (Fsp3) is 0.500. The van der Waals surface area contributed by atoms with E-state index in [4.69, 9.17) is 5.84 Å². The highest BCUT2D eigenvalue weighted by Crippen LogP contribution is 2.19. The molecular weight excluding hydrogens is 172 g/mol. The molecular formula is C12H22N2. The zero-order valence-electron chi connectivity index (χ0n) is 9.59. The van der Waals surface area contributed by atoms with E-state index in [1.165, 1.54) is 11.1 Å². The molecule has 1 heterocycles. The van der Waals surface area contributed by atoms with Crippen molar-refractivity contribution in [2.75, 3.05) is 13.1 Å². The van der Waals surface area contributed by atoms with Crippen molar-refractivity contribution in [1.82, 2.24) is 5.01 Å². The van der Waals surface area contributed by atoms with Crippen LogP contribution in [0, 0.1) is 0 Å². The van der Waals surface area contributed by atoms with Gasteiger partial charge in [0.25, 0.3) is 0 Å². The van der Waals surface area contributed by atoms with Crippen molar-refractivity contribution in [3.63, 3.8) is 0 Å². The lowest BCUT2D eigenvalue weighted by atomic mass is 9.98. The Hall–Kier alpha value is -0.860. The Labute approximate surface area is 87.8 Å². The minimum Gasteiger partial charge on any atom is -0.268 e. The summed E-state index contributed by atoms with van der Waals surface area (Å²) in [6.07, 6.45) is 7.06. The summed E-state index contributed by atoms with van der Waals surface area (Å²) in [5.74, 6) is 5.70. The molecule has 0 aromatic carbocycles. The largest absolute Gasteiger partial charge is 0.268 e. The normalized spacial score (nSPS) is 23.1. The average Bonchev–Trinajstić information content (AvgIpc) is 2.22. The Morgan fingerprint density at radius 1 is 1.36 bits per heavy atom. The number of nitrogens with two attached hydrogens (primary N) is 1. The molecule has 0 atom stereocenters. The molecule has 80 valence electrons. The van der Waals surface area contributed by atoms with Crippen LogP contribution in [0.1, 0.15) is 27.2 Å². The maximum absolute atomic E-state index is 5.70. The summed E-state index contributed by atoms with van der Waals surface area (Å²) >= 11 is 0. The molecule has 2 N–H and O–H groups in total. The lowest BCUT2D eigenvalue weighted by molar-refractivity contribution is 0.295. The van der Waals surface area contributed by atoms with Gasteiger partial charge in [0, 0.05) is 13.1 Å². The second kappa shape index (κ2) is 7.54. The molecule has 0 amide bonds. The van der Waals surface area contributed by atoms with Crippen molar-refractivity contribution < 1.29 is 0 Å². The standard InChI is InChI=1S/C10H16N2.C2H6/c1-3-5-10-8-12(11)7-6-9(10)4-2;1-2/h3-5H,1,6-8,11H2,2H3;1-2H3/b9-4-,10-5-;. The molecule has 0 aromatic rings. The third kappa shape index (κ3) is 3.90. The maximum atomic E-state index is 5.70. The quantitative estimate of drug-likeness (QED) is 0.650. The van der Waals surface area contributed by atoms with Crippen LogP contribution in [0.25, 0.3) is 0 Å². The summed E-state index contributed by atoms with van der Waals surface area (Å²) in [4.78, 5) is 0. The summed E-state index contributed by atoms with van der Waals surface area (Å²) in [6, 6.07) is 0. The Morgan fingerprint density at radius 2 is 2.00 bits per heavy atom. The average molecular weight is 194 g/mol. The van der Waals surface area contributed by atoms with E-state index < -0.39 is 0 Å². The molecule has 0 aliphatic carbocycles. The molecule has 1 saturated heterocycles. The number of allylic oxidation sites excluding steroid dienone is 3. The molecule has 1 rings (SSSR count). The van der Waals surface area contributed by atoms with Crippen molar-refractivity contribution in [3.8, 4) is 0 Å².